The van der Waals surface area contributed by atoms with Crippen molar-refractivity contribution in [2.45, 2.75) is 6.54 Å². The SMILES string of the molecule is COc1cc(CNC(=O)c2ccn(-c3cccc([N+](=O)[O-])c3)n2)cc(OC)c1OC. The molecule has 10 nitrogen and oxygen atoms in total. The molecule has 0 aliphatic carbocycles. The Morgan fingerprint density at radius 1 is 1.10 bits per heavy atom. The molecule has 10 heteroatoms. The van der Waals surface area contributed by atoms with Crippen LogP contribution in [0.25, 0.3) is 5.69 Å². The Morgan fingerprint density at radius 3 is 2.40 bits per heavy atom. The van der Waals surface area contributed by atoms with Gasteiger partial charge in [-0.3, -0.25) is 14.9 Å². The van der Waals surface area contributed by atoms with E-state index in [0.717, 1.165) is 5.56 Å². The van der Waals surface area contributed by atoms with Crippen molar-refractivity contribution in [3.8, 4) is 22.9 Å². The first kappa shape index (κ1) is 20.6. The average molecular weight is 412 g/mol. The molecular weight excluding hydrogens is 392 g/mol. The molecule has 0 radical (unpaired) electrons. The maximum Gasteiger partial charge on any atom is 0.272 e. The maximum atomic E-state index is 12.5. The molecule has 3 aromatic rings. The van der Waals surface area contributed by atoms with Gasteiger partial charge < -0.3 is 19.5 Å². The lowest BCUT2D eigenvalue weighted by Crippen LogP contribution is -2.23. The molecule has 3 rings (SSSR count). The fourth-order valence-corrected chi connectivity index (χ4v) is 2.85. The molecule has 0 spiro atoms. The number of nitro groups is 1. The molecule has 0 bridgehead atoms. The zero-order valence-electron chi connectivity index (χ0n) is 16.6. The summed E-state index contributed by atoms with van der Waals surface area (Å²) < 4.78 is 17.3. The van der Waals surface area contributed by atoms with Gasteiger partial charge in [0.15, 0.2) is 17.2 Å². The number of carbonyl (C=O) groups excluding carboxylic acids is 1. The van der Waals surface area contributed by atoms with Gasteiger partial charge in [-0.1, -0.05) is 6.07 Å². The first-order valence-electron chi connectivity index (χ1n) is 8.84. The number of amides is 1. The molecular formula is C20H20N4O6. The molecule has 1 amide bonds. The van der Waals surface area contributed by atoms with E-state index in [9.17, 15) is 14.9 Å². The molecule has 0 saturated carbocycles. The fraction of sp³-hybridized carbons (Fsp3) is 0.200. The van der Waals surface area contributed by atoms with Crippen LogP contribution < -0.4 is 19.5 Å². The Morgan fingerprint density at radius 2 is 1.80 bits per heavy atom. The molecule has 0 unspecified atom stereocenters. The molecule has 0 fully saturated rings. The second-order valence-electron chi connectivity index (χ2n) is 6.14. The van der Waals surface area contributed by atoms with Crippen LogP contribution in [0.2, 0.25) is 0 Å². The van der Waals surface area contributed by atoms with E-state index in [4.69, 9.17) is 14.2 Å². The summed E-state index contributed by atoms with van der Waals surface area (Å²) in [6.45, 7) is 0.208. The van der Waals surface area contributed by atoms with Crippen molar-refractivity contribution in [1.29, 1.82) is 0 Å². The predicted molar refractivity (Wildman–Crippen MR) is 107 cm³/mol. The topological polar surface area (TPSA) is 118 Å². The minimum atomic E-state index is -0.488. The Kier molecular flexibility index (Phi) is 6.16. The Hall–Kier alpha value is -4.08. The molecule has 1 heterocycles. The quantitative estimate of drug-likeness (QED) is 0.446. The van der Waals surface area contributed by atoms with E-state index in [1.165, 1.54) is 44.2 Å². The summed E-state index contributed by atoms with van der Waals surface area (Å²) in [7, 11) is 4.54. The van der Waals surface area contributed by atoms with Crippen LogP contribution in [-0.4, -0.2) is 41.9 Å². The lowest BCUT2D eigenvalue weighted by atomic mass is 10.1. The zero-order chi connectivity index (χ0) is 21.7. The van der Waals surface area contributed by atoms with E-state index < -0.39 is 10.8 Å². The lowest BCUT2D eigenvalue weighted by Gasteiger charge is -2.14. The van der Waals surface area contributed by atoms with Crippen LogP contribution in [0.3, 0.4) is 0 Å². The number of non-ortho nitro benzene ring substituents is 1. The molecule has 0 aliphatic rings. The van der Waals surface area contributed by atoms with Crippen molar-refractivity contribution < 1.29 is 23.9 Å². The van der Waals surface area contributed by atoms with Crippen LogP contribution >= 0.6 is 0 Å². The van der Waals surface area contributed by atoms with E-state index >= 15 is 0 Å². The highest BCUT2D eigenvalue weighted by atomic mass is 16.6. The number of hydrogen-bond donors (Lipinski definition) is 1. The maximum absolute atomic E-state index is 12.5. The Labute approximate surface area is 172 Å². The largest absolute Gasteiger partial charge is 0.493 e. The molecule has 1 aromatic heterocycles. The van der Waals surface area contributed by atoms with Gasteiger partial charge in [-0.05, 0) is 29.8 Å². The van der Waals surface area contributed by atoms with Crippen LogP contribution in [-0.2, 0) is 6.54 Å². The Balaban J connectivity index is 1.74. The monoisotopic (exact) mass is 412 g/mol. The molecule has 1 N–H and O–H groups in total. The molecule has 0 atom stereocenters. The molecule has 2 aromatic carbocycles. The molecule has 30 heavy (non-hydrogen) atoms. The zero-order valence-corrected chi connectivity index (χ0v) is 16.6. The van der Waals surface area contributed by atoms with E-state index in [1.807, 2.05) is 0 Å². The highest BCUT2D eigenvalue weighted by molar-refractivity contribution is 5.92. The first-order valence-corrected chi connectivity index (χ1v) is 8.84. The van der Waals surface area contributed by atoms with E-state index in [0.29, 0.717) is 22.9 Å². The highest BCUT2D eigenvalue weighted by Gasteiger charge is 2.15. The molecule has 156 valence electrons. The second-order valence-corrected chi connectivity index (χ2v) is 6.14. The third-order valence-electron chi connectivity index (χ3n) is 4.30. The van der Waals surface area contributed by atoms with Crippen LogP contribution in [0, 0.1) is 10.1 Å². The summed E-state index contributed by atoms with van der Waals surface area (Å²) in [4.78, 5) is 22.9. The van der Waals surface area contributed by atoms with Crippen LogP contribution in [0.4, 0.5) is 5.69 Å². The third kappa shape index (κ3) is 4.32. The van der Waals surface area contributed by atoms with Crippen molar-refractivity contribution in [3.63, 3.8) is 0 Å². The van der Waals surface area contributed by atoms with E-state index in [1.54, 1.807) is 30.5 Å². The van der Waals surface area contributed by atoms with E-state index in [2.05, 4.69) is 10.4 Å². The Bertz CT molecular complexity index is 1050. The van der Waals surface area contributed by atoms with Gasteiger partial charge in [0.2, 0.25) is 5.75 Å². The van der Waals surface area contributed by atoms with Gasteiger partial charge in [-0.25, -0.2) is 4.68 Å². The number of nitro benzene ring substituents is 1. The van der Waals surface area contributed by atoms with Crippen LogP contribution in [0.1, 0.15) is 16.1 Å². The molecule has 0 saturated heterocycles. The number of aromatic nitrogens is 2. The second kappa shape index (κ2) is 8.95. The predicted octanol–water partition coefficient (Wildman–Crippen LogP) is 2.74. The summed E-state index contributed by atoms with van der Waals surface area (Å²) in [5.74, 6) is 1.03. The summed E-state index contributed by atoms with van der Waals surface area (Å²) >= 11 is 0. The summed E-state index contributed by atoms with van der Waals surface area (Å²) in [5, 5.41) is 17.9. The van der Waals surface area contributed by atoms with E-state index in [-0.39, 0.29) is 17.9 Å². The highest BCUT2D eigenvalue weighted by Crippen LogP contribution is 2.38. The number of ether oxygens (including phenoxy) is 3. The summed E-state index contributed by atoms with van der Waals surface area (Å²) in [6, 6.07) is 11.0. The van der Waals surface area contributed by atoms with Crippen molar-refractivity contribution in [2.24, 2.45) is 0 Å². The summed E-state index contributed by atoms with van der Waals surface area (Å²) in [6.07, 6.45) is 1.56. The average Bonchev–Trinajstić information content (AvgIpc) is 3.27. The van der Waals surface area contributed by atoms with Crippen LogP contribution in [0.5, 0.6) is 17.2 Å². The number of hydrogen-bond acceptors (Lipinski definition) is 7. The number of methoxy groups -OCH3 is 3. The van der Waals surface area contributed by atoms with Crippen molar-refractivity contribution in [2.75, 3.05) is 21.3 Å². The smallest absolute Gasteiger partial charge is 0.272 e. The standard InChI is InChI=1S/C20H20N4O6/c1-28-17-9-13(10-18(29-2)19(17)30-3)12-21-20(25)16-7-8-23(22-16)14-5-4-6-15(11-14)24(26)27/h4-11H,12H2,1-3H3,(H,21,25). The van der Waals surface area contributed by atoms with Gasteiger partial charge >= 0.3 is 0 Å². The number of rotatable bonds is 8. The van der Waals surface area contributed by atoms with Crippen molar-refractivity contribution in [3.05, 3.63) is 70.0 Å². The van der Waals surface area contributed by atoms with Gasteiger partial charge in [-0.2, -0.15) is 5.10 Å². The third-order valence-corrected chi connectivity index (χ3v) is 4.30. The fourth-order valence-electron chi connectivity index (χ4n) is 2.85. The van der Waals surface area contributed by atoms with Gasteiger partial charge in [-0.15, -0.1) is 0 Å². The van der Waals surface area contributed by atoms with Crippen LogP contribution in [0.15, 0.2) is 48.7 Å². The normalized spacial score (nSPS) is 10.4. The van der Waals surface area contributed by atoms with Crippen molar-refractivity contribution >= 4 is 11.6 Å². The van der Waals surface area contributed by atoms with Gasteiger partial charge in [0, 0.05) is 24.9 Å². The molecule has 0 aliphatic heterocycles. The number of nitrogens with zero attached hydrogens (tertiary/aromatic N) is 3. The minimum absolute atomic E-state index is 0.0589. The lowest BCUT2D eigenvalue weighted by molar-refractivity contribution is -0.384. The first-order chi connectivity index (χ1) is 14.5. The number of benzene rings is 2. The van der Waals surface area contributed by atoms with Gasteiger partial charge in [0.1, 0.15) is 0 Å². The minimum Gasteiger partial charge on any atom is -0.493 e. The number of nitrogens with one attached hydrogen (secondary N) is 1. The van der Waals surface area contributed by atoms with Gasteiger partial charge in [0.25, 0.3) is 11.6 Å². The van der Waals surface area contributed by atoms with Crippen molar-refractivity contribution in [1.82, 2.24) is 15.1 Å². The number of carbonyl (C=O) groups is 1. The van der Waals surface area contributed by atoms with Gasteiger partial charge in [0.05, 0.1) is 31.9 Å². The summed E-state index contributed by atoms with van der Waals surface area (Å²) in [5.41, 5.74) is 1.34.